The van der Waals surface area contributed by atoms with Crippen LogP contribution < -0.4 is 0 Å². The first-order valence-electron chi connectivity index (χ1n) is 10.2. The monoisotopic (exact) mass is 362 g/mol. The lowest BCUT2D eigenvalue weighted by molar-refractivity contribution is -0.123. The second-order valence-electron chi connectivity index (χ2n) is 9.32. The van der Waals surface area contributed by atoms with Gasteiger partial charge in [0, 0.05) is 18.3 Å². The van der Waals surface area contributed by atoms with Crippen molar-refractivity contribution in [2.75, 3.05) is 26.4 Å². The summed E-state index contributed by atoms with van der Waals surface area (Å²) in [5.74, 6) is 0.335. The third-order valence-electron chi connectivity index (χ3n) is 7.42. The predicted octanol–water partition coefficient (Wildman–Crippen LogP) is 2.81. The minimum atomic E-state index is -0.0497. The molecule has 4 fully saturated rings. The van der Waals surface area contributed by atoms with Gasteiger partial charge in [-0.05, 0) is 43.6 Å². The van der Waals surface area contributed by atoms with E-state index in [9.17, 15) is 4.79 Å². The highest BCUT2D eigenvalue weighted by Gasteiger charge is 2.58. The molecule has 0 aromatic heterocycles. The zero-order valence-corrected chi connectivity index (χ0v) is 15.9. The number of allylic oxidation sites excluding steroid dienone is 1. The Bertz CT molecular complexity index is 610. The number of ether oxygens (including phenoxy) is 4. The molecule has 5 unspecified atom stereocenters. The van der Waals surface area contributed by atoms with Crippen molar-refractivity contribution in [3.05, 3.63) is 11.1 Å². The Morgan fingerprint density at radius 1 is 0.923 bits per heavy atom. The Balaban J connectivity index is 1.52. The van der Waals surface area contributed by atoms with Crippen molar-refractivity contribution in [2.45, 2.75) is 76.8 Å². The smallest absolute Gasteiger partial charge is 0.159 e. The van der Waals surface area contributed by atoms with Crippen LogP contribution in [0, 0.1) is 10.8 Å². The average Bonchev–Trinajstić information content (AvgIpc) is 3.46. The summed E-state index contributed by atoms with van der Waals surface area (Å²) >= 11 is 0. The SMILES string of the molecule is CC1=C(CC2CO2)C(=O)CC(C)(CCC2CO2)C1(CC1CO1)CC1CO1. The van der Waals surface area contributed by atoms with Gasteiger partial charge >= 0.3 is 0 Å². The van der Waals surface area contributed by atoms with Crippen LogP contribution in [0.2, 0.25) is 0 Å². The molecule has 5 aliphatic rings. The molecule has 5 atom stereocenters. The lowest BCUT2D eigenvalue weighted by Gasteiger charge is -2.53. The van der Waals surface area contributed by atoms with Crippen LogP contribution in [0.25, 0.3) is 0 Å². The van der Waals surface area contributed by atoms with E-state index in [1.807, 2.05) is 0 Å². The Kier molecular flexibility index (Phi) is 4.09. The molecule has 0 bridgehead atoms. The minimum absolute atomic E-state index is 0.0116. The van der Waals surface area contributed by atoms with Crippen LogP contribution in [-0.4, -0.2) is 56.6 Å². The first-order valence-corrected chi connectivity index (χ1v) is 10.2. The predicted molar refractivity (Wildman–Crippen MR) is 94.9 cm³/mol. The van der Waals surface area contributed by atoms with Gasteiger partial charge in [-0.3, -0.25) is 4.79 Å². The minimum Gasteiger partial charge on any atom is -0.373 e. The summed E-state index contributed by atoms with van der Waals surface area (Å²) in [6, 6.07) is 0. The standard InChI is InChI=1S/C21H30O5/c1-13-18(5-15-10-24-15)19(22)8-20(2,4-3-14-9-23-14)21(13,6-16-11-25-16)7-17-12-26-17/h14-17H,3-12H2,1-2H3. The summed E-state index contributed by atoms with van der Waals surface area (Å²) in [7, 11) is 0. The third-order valence-corrected chi connectivity index (χ3v) is 7.42. The maximum Gasteiger partial charge on any atom is 0.159 e. The van der Waals surface area contributed by atoms with E-state index in [-0.39, 0.29) is 16.9 Å². The van der Waals surface area contributed by atoms with Crippen LogP contribution in [0.3, 0.4) is 0 Å². The van der Waals surface area contributed by atoms with Crippen molar-refractivity contribution in [1.82, 2.24) is 0 Å². The van der Waals surface area contributed by atoms with Crippen LogP contribution in [0.15, 0.2) is 11.1 Å². The van der Waals surface area contributed by atoms with Crippen molar-refractivity contribution in [1.29, 1.82) is 0 Å². The molecule has 0 radical (unpaired) electrons. The molecule has 144 valence electrons. The molecule has 5 nitrogen and oxygen atoms in total. The van der Waals surface area contributed by atoms with Crippen LogP contribution in [0.5, 0.6) is 0 Å². The van der Waals surface area contributed by atoms with E-state index >= 15 is 0 Å². The largest absolute Gasteiger partial charge is 0.373 e. The number of carbonyl (C=O) groups excluding carboxylic acids is 1. The molecule has 4 heterocycles. The van der Waals surface area contributed by atoms with E-state index in [1.165, 1.54) is 5.57 Å². The highest BCUT2D eigenvalue weighted by Crippen LogP contribution is 2.62. The number of epoxide rings is 4. The van der Waals surface area contributed by atoms with E-state index in [4.69, 9.17) is 18.9 Å². The van der Waals surface area contributed by atoms with Gasteiger partial charge in [0.05, 0.1) is 50.8 Å². The molecule has 0 amide bonds. The van der Waals surface area contributed by atoms with Crippen molar-refractivity contribution in [2.24, 2.45) is 10.8 Å². The summed E-state index contributed by atoms with van der Waals surface area (Å²) in [6.45, 7) is 7.95. The van der Waals surface area contributed by atoms with Crippen LogP contribution >= 0.6 is 0 Å². The van der Waals surface area contributed by atoms with E-state index in [0.29, 0.717) is 30.5 Å². The maximum atomic E-state index is 13.1. The first kappa shape index (κ1) is 17.4. The van der Waals surface area contributed by atoms with Crippen LogP contribution in [0.1, 0.15) is 52.4 Å². The zero-order valence-electron chi connectivity index (χ0n) is 15.9. The molecular weight excluding hydrogens is 332 g/mol. The van der Waals surface area contributed by atoms with Gasteiger partial charge in [0.25, 0.3) is 0 Å². The van der Waals surface area contributed by atoms with Gasteiger partial charge in [-0.2, -0.15) is 0 Å². The fourth-order valence-electron chi connectivity index (χ4n) is 5.33. The summed E-state index contributed by atoms with van der Waals surface area (Å²) in [4.78, 5) is 13.1. The second kappa shape index (κ2) is 6.13. The molecule has 0 N–H and O–H groups in total. The molecule has 0 aromatic carbocycles. The molecule has 5 rings (SSSR count). The average molecular weight is 362 g/mol. The molecule has 1 aliphatic carbocycles. The molecule has 4 aliphatic heterocycles. The van der Waals surface area contributed by atoms with Crippen LogP contribution in [-0.2, 0) is 23.7 Å². The highest BCUT2D eigenvalue weighted by atomic mass is 16.6. The van der Waals surface area contributed by atoms with Crippen molar-refractivity contribution in [3.8, 4) is 0 Å². The van der Waals surface area contributed by atoms with Gasteiger partial charge in [0.1, 0.15) is 0 Å². The van der Waals surface area contributed by atoms with E-state index < -0.39 is 0 Å². The normalized spacial score (nSPS) is 46.5. The molecular formula is C21H30O5. The van der Waals surface area contributed by atoms with Crippen LogP contribution in [0.4, 0.5) is 0 Å². The number of Topliss-reactive ketones (excluding diaryl/α,β-unsaturated/α-hetero) is 1. The number of hydrogen-bond donors (Lipinski definition) is 0. The molecule has 26 heavy (non-hydrogen) atoms. The molecule has 0 aromatic rings. The third kappa shape index (κ3) is 3.28. The Morgan fingerprint density at radius 2 is 1.46 bits per heavy atom. The Labute approximate surface area is 155 Å². The van der Waals surface area contributed by atoms with E-state index in [2.05, 4.69) is 13.8 Å². The van der Waals surface area contributed by atoms with Gasteiger partial charge in [-0.15, -0.1) is 0 Å². The lowest BCUT2D eigenvalue weighted by atomic mass is 9.49. The number of carbonyl (C=O) groups is 1. The molecule has 5 heteroatoms. The lowest BCUT2D eigenvalue weighted by Crippen LogP contribution is -2.49. The quantitative estimate of drug-likeness (QED) is 0.590. The van der Waals surface area contributed by atoms with Crippen molar-refractivity contribution >= 4 is 5.78 Å². The Hall–Kier alpha value is -0.750. The summed E-state index contributed by atoms with van der Waals surface area (Å²) in [5, 5.41) is 0. The fourth-order valence-corrected chi connectivity index (χ4v) is 5.33. The number of ketones is 1. The maximum absolute atomic E-state index is 13.1. The summed E-state index contributed by atoms with van der Waals surface area (Å²) < 4.78 is 22.3. The molecule has 0 saturated carbocycles. The first-order chi connectivity index (χ1) is 12.5. The molecule has 4 saturated heterocycles. The summed E-state index contributed by atoms with van der Waals surface area (Å²) in [6.07, 6.45) is 6.87. The van der Waals surface area contributed by atoms with Crippen molar-refractivity contribution < 1.29 is 23.7 Å². The second-order valence-corrected chi connectivity index (χ2v) is 9.32. The summed E-state index contributed by atoms with van der Waals surface area (Å²) in [5.41, 5.74) is 2.28. The van der Waals surface area contributed by atoms with Gasteiger partial charge in [-0.25, -0.2) is 0 Å². The van der Waals surface area contributed by atoms with E-state index in [1.54, 1.807) is 0 Å². The highest BCUT2D eigenvalue weighted by molar-refractivity contribution is 5.98. The van der Waals surface area contributed by atoms with Crippen molar-refractivity contribution in [3.63, 3.8) is 0 Å². The number of hydrogen-bond acceptors (Lipinski definition) is 5. The fraction of sp³-hybridized carbons (Fsp3) is 0.857. The Morgan fingerprint density at radius 3 is 1.96 bits per heavy atom. The zero-order chi connectivity index (χ0) is 17.9. The number of rotatable bonds is 9. The van der Waals surface area contributed by atoms with Gasteiger partial charge < -0.3 is 18.9 Å². The topological polar surface area (TPSA) is 67.2 Å². The molecule has 0 spiro atoms. The van der Waals surface area contributed by atoms with Gasteiger partial charge in [0.15, 0.2) is 5.78 Å². The van der Waals surface area contributed by atoms with E-state index in [0.717, 1.165) is 64.1 Å². The van der Waals surface area contributed by atoms with Gasteiger partial charge in [-0.1, -0.05) is 12.5 Å². The van der Waals surface area contributed by atoms with Gasteiger partial charge in [0.2, 0.25) is 0 Å².